The zero-order chi connectivity index (χ0) is 9.42. The van der Waals surface area contributed by atoms with Crippen LogP contribution in [0.4, 0.5) is 11.4 Å². The fraction of sp³-hybridized carbons (Fsp3) is 0.143. The quantitative estimate of drug-likeness (QED) is 0.301. The van der Waals surface area contributed by atoms with E-state index in [4.69, 9.17) is 11.6 Å². The molecular weight excluding hydrogens is 194 g/mol. The van der Waals surface area contributed by atoms with Gasteiger partial charge in [-0.2, -0.15) is 10.2 Å². The van der Waals surface area contributed by atoms with Crippen molar-refractivity contribution in [2.75, 3.05) is 0 Å². The summed E-state index contributed by atoms with van der Waals surface area (Å²) in [6.45, 7) is 0. The third-order valence-electron chi connectivity index (χ3n) is 1.75. The van der Waals surface area contributed by atoms with Gasteiger partial charge < -0.3 is 0 Å². The van der Waals surface area contributed by atoms with Gasteiger partial charge in [0, 0.05) is 17.7 Å². The molecule has 0 saturated carbocycles. The predicted octanol–water partition coefficient (Wildman–Crippen LogP) is 2.93. The van der Waals surface area contributed by atoms with E-state index < -0.39 is 10.4 Å². The molecule has 1 aliphatic rings. The van der Waals surface area contributed by atoms with Gasteiger partial charge in [-0.1, -0.05) is 11.6 Å². The minimum Gasteiger partial charge on any atom is -0.258 e. The molecule has 0 fully saturated rings. The number of nitrogens with zero attached hydrogens (tertiary/aromatic N) is 3. The van der Waals surface area contributed by atoms with Crippen LogP contribution in [0.15, 0.2) is 28.4 Å². The molecule has 66 valence electrons. The SMILES string of the molecule is O=[N+]([O-])c1ccc2c(c1)C(Cl)N=N2. The van der Waals surface area contributed by atoms with Crippen molar-refractivity contribution >= 4 is 23.0 Å². The van der Waals surface area contributed by atoms with Gasteiger partial charge in [0.1, 0.15) is 0 Å². The van der Waals surface area contributed by atoms with Gasteiger partial charge in [-0.25, -0.2) is 0 Å². The lowest BCUT2D eigenvalue weighted by atomic mass is 10.2. The number of fused-ring (bicyclic) bond motifs is 1. The molecule has 1 aromatic rings. The third kappa shape index (κ3) is 1.27. The van der Waals surface area contributed by atoms with E-state index in [-0.39, 0.29) is 5.69 Å². The number of hydrogen-bond donors (Lipinski definition) is 0. The third-order valence-corrected chi connectivity index (χ3v) is 2.07. The molecule has 13 heavy (non-hydrogen) atoms. The Morgan fingerprint density at radius 2 is 2.31 bits per heavy atom. The summed E-state index contributed by atoms with van der Waals surface area (Å²) in [6.07, 6.45) is 0. The first-order valence-electron chi connectivity index (χ1n) is 3.52. The van der Waals surface area contributed by atoms with E-state index in [1.165, 1.54) is 12.1 Å². The first kappa shape index (κ1) is 8.12. The van der Waals surface area contributed by atoms with Crippen molar-refractivity contribution in [2.24, 2.45) is 10.2 Å². The van der Waals surface area contributed by atoms with Crippen LogP contribution >= 0.6 is 11.6 Å². The lowest BCUT2D eigenvalue weighted by Gasteiger charge is -1.97. The molecule has 0 spiro atoms. The van der Waals surface area contributed by atoms with E-state index in [2.05, 4.69) is 10.2 Å². The molecule has 5 nitrogen and oxygen atoms in total. The summed E-state index contributed by atoms with van der Waals surface area (Å²) in [7, 11) is 0. The van der Waals surface area contributed by atoms with Gasteiger partial charge in [0.05, 0.1) is 10.6 Å². The van der Waals surface area contributed by atoms with Gasteiger partial charge in [-0.3, -0.25) is 10.1 Å². The maximum atomic E-state index is 10.4. The number of halogens is 1. The summed E-state index contributed by atoms with van der Waals surface area (Å²) in [5, 5.41) is 17.8. The molecule has 0 radical (unpaired) electrons. The van der Waals surface area contributed by atoms with E-state index >= 15 is 0 Å². The molecule has 0 amide bonds. The summed E-state index contributed by atoms with van der Waals surface area (Å²) in [5.41, 5.74) is 0.619. The Balaban J connectivity index is 2.51. The molecule has 0 aliphatic carbocycles. The molecule has 1 atom stereocenters. The first-order chi connectivity index (χ1) is 6.18. The highest BCUT2D eigenvalue weighted by atomic mass is 35.5. The molecule has 0 saturated heterocycles. The van der Waals surface area contributed by atoms with Gasteiger partial charge in [-0.15, -0.1) is 0 Å². The molecule has 0 aromatic heterocycles. The summed E-state index contributed by atoms with van der Waals surface area (Å²) in [5.74, 6) is 0. The number of azo groups is 1. The summed E-state index contributed by atoms with van der Waals surface area (Å²) in [6, 6.07) is 4.32. The smallest absolute Gasteiger partial charge is 0.258 e. The number of hydrogen-bond acceptors (Lipinski definition) is 4. The van der Waals surface area contributed by atoms with E-state index in [9.17, 15) is 10.1 Å². The topological polar surface area (TPSA) is 67.9 Å². The Bertz CT molecular complexity index is 405. The number of alkyl halides is 1. The fourth-order valence-corrected chi connectivity index (χ4v) is 1.33. The molecule has 1 aromatic carbocycles. The second-order valence-corrected chi connectivity index (χ2v) is 2.96. The molecule has 6 heteroatoms. The summed E-state index contributed by atoms with van der Waals surface area (Å²) < 4.78 is 0. The maximum absolute atomic E-state index is 10.4. The van der Waals surface area contributed by atoms with Crippen molar-refractivity contribution in [3.63, 3.8) is 0 Å². The van der Waals surface area contributed by atoms with Gasteiger partial charge in [0.2, 0.25) is 0 Å². The Morgan fingerprint density at radius 3 is 3.00 bits per heavy atom. The van der Waals surface area contributed by atoms with E-state index in [0.29, 0.717) is 11.3 Å². The highest BCUT2D eigenvalue weighted by Crippen LogP contribution is 2.39. The highest BCUT2D eigenvalue weighted by Gasteiger charge is 2.20. The second kappa shape index (κ2) is 2.77. The minimum atomic E-state index is -0.588. The Labute approximate surface area is 78.2 Å². The lowest BCUT2D eigenvalue weighted by Crippen LogP contribution is -1.89. The van der Waals surface area contributed by atoms with Gasteiger partial charge in [-0.05, 0) is 6.07 Å². The fourth-order valence-electron chi connectivity index (χ4n) is 1.11. The van der Waals surface area contributed by atoms with Crippen molar-refractivity contribution in [3.05, 3.63) is 33.9 Å². The van der Waals surface area contributed by atoms with Crippen LogP contribution in [0.5, 0.6) is 0 Å². The number of nitro benzene ring substituents is 1. The van der Waals surface area contributed by atoms with Crippen LogP contribution in [0.25, 0.3) is 0 Å². The van der Waals surface area contributed by atoms with Crippen molar-refractivity contribution in [1.82, 2.24) is 0 Å². The lowest BCUT2D eigenvalue weighted by molar-refractivity contribution is -0.384. The van der Waals surface area contributed by atoms with Crippen LogP contribution < -0.4 is 0 Å². The second-order valence-electron chi connectivity index (χ2n) is 2.55. The molecule has 1 unspecified atom stereocenters. The van der Waals surface area contributed by atoms with Crippen molar-refractivity contribution in [3.8, 4) is 0 Å². The molecule has 0 bridgehead atoms. The van der Waals surface area contributed by atoms with Crippen molar-refractivity contribution < 1.29 is 4.92 Å². The summed E-state index contributed by atoms with van der Waals surface area (Å²) >= 11 is 5.74. The van der Waals surface area contributed by atoms with E-state index in [1.54, 1.807) is 6.07 Å². The zero-order valence-electron chi connectivity index (χ0n) is 6.35. The highest BCUT2D eigenvalue weighted by molar-refractivity contribution is 6.21. The Morgan fingerprint density at radius 1 is 1.54 bits per heavy atom. The molecule has 1 aliphatic heterocycles. The summed E-state index contributed by atoms with van der Waals surface area (Å²) in [4.78, 5) is 9.94. The molecular formula is C7H4ClN3O2. The Hall–Kier alpha value is -1.49. The molecule has 2 rings (SSSR count). The average Bonchev–Trinajstić information content (AvgIpc) is 2.47. The maximum Gasteiger partial charge on any atom is 0.269 e. The van der Waals surface area contributed by atoms with Crippen LogP contribution in [-0.4, -0.2) is 4.92 Å². The minimum absolute atomic E-state index is 0.0108. The number of nitro groups is 1. The van der Waals surface area contributed by atoms with E-state index in [1.807, 2.05) is 0 Å². The predicted molar refractivity (Wildman–Crippen MR) is 46.2 cm³/mol. The first-order valence-corrected chi connectivity index (χ1v) is 3.95. The van der Waals surface area contributed by atoms with Gasteiger partial charge >= 0.3 is 0 Å². The average molecular weight is 198 g/mol. The largest absolute Gasteiger partial charge is 0.269 e. The number of non-ortho nitro benzene ring substituents is 1. The molecule has 0 N–H and O–H groups in total. The molecule has 1 heterocycles. The van der Waals surface area contributed by atoms with Crippen LogP contribution in [-0.2, 0) is 0 Å². The standard InChI is InChI=1S/C7H4ClN3O2/c8-7-5-3-4(11(12)13)1-2-6(5)9-10-7/h1-3,7H. The number of benzene rings is 1. The monoisotopic (exact) mass is 197 g/mol. The van der Waals surface area contributed by atoms with Gasteiger partial charge in [0.25, 0.3) is 5.69 Å². The normalized spacial score (nSPS) is 18.7. The zero-order valence-corrected chi connectivity index (χ0v) is 7.10. The van der Waals surface area contributed by atoms with Crippen LogP contribution in [0, 0.1) is 10.1 Å². The number of rotatable bonds is 1. The van der Waals surface area contributed by atoms with Gasteiger partial charge in [0.15, 0.2) is 5.50 Å². The van der Waals surface area contributed by atoms with Crippen molar-refractivity contribution in [1.29, 1.82) is 0 Å². The van der Waals surface area contributed by atoms with Crippen LogP contribution in [0.2, 0.25) is 0 Å². The van der Waals surface area contributed by atoms with Crippen molar-refractivity contribution in [2.45, 2.75) is 5.50 Å². The van der Waals surface area contributed by atoms with Crippen LogP contribution in [0.1, 0.15) is 11.1 Å². The van der Waals surface area contributed by atoms with E-state index in [0.717, 1.165) is 0 Å². The Kier molecular flexibility index (Phi) is 1.73. The van der Waals surface area contributed by atoms with Crippen LogP contribution in [0.3, 0.4) is 0 Å².